The van der Waals surface area contributed by atoms with Crippen molar-refractivity contribution in [2.45, 2.75) is 39.0 Å². The van der Waals surface area contributed by atoms with E-state index in [1.807, 2.05) is 37.1 Å². The van der Waals surface area contributed by atoms with Crippen LogP contribution in [-0.2, 0) is 11.2 Å². The van der Waals surface area contributed by atoms with Crippen LogP contribution >= 0.6 is 0 Å². The number of aromatic nitrogens is 3. The van der Waals surface area contributed by atoms with Gasteiger partial charge in [-0.2, -0.15) is 0 Å². The molecule has 1 aliphatic rings. The van der Waals surface area contributed by atoms with E-state index < -0.39 is 0 Å². The standard InChI is InChI=1S/C22H24N4O2/c1-15-22(16(2)28-25-15)18-7-8-20(24-13-18)19-6-4-10-26(14-19)21(27)11-17-5-3-9-23-12-17/h3,5,7-9,12-13,19H,4,6,10-11,14H2,1-2H3/t19-/m1/s1. The van der Waals surface area contributed by atoms with Crippen LogP contribution in [0.25, 0.3) is 11.1 Å². The summed E-state index contributed by atoms with van der Waals surface area (Å²) in [5.74, 6) is 1.23. The Labute approximate surface area is 164 Å². The molecule has 0 radical (unpaired) electrons. The number of pyridine rings is 2. The van der Waals surface area contributed by atoms with Gasteiger partial charge in [0.15, 0.2) is 0 Å². The highest BCUT2D eigenvalue weighted by Crippen LogP contribution is 2.30. The minimum absolute atomic E-state index is 0.157. The summed E-state index contributed by atoms with van der Waals surface area (Å²) in [5, 5.41) is 4.02. The predicted molar refractivity (Wildman–Crippen MR) is 106 cm³/mol. The number of hydrogen-bond donors (Lipinski definition) is 0. The zero-order valence-electron chi connectivity index (χ0n) is 16.3. The Morgan fingerprint density at radius 2 is 2.14 bits per heavy atom. The molecule has 0 aromatic carbocycles. The second-order valence-electron chi connectivity index (χ2n) is 7.39. The lowest BCUT2D eigenvalue weighted by Crippen LogP contribution is -2.40. The molecule has 1 saturated heterocycles. The van der Waals surface area contributed by atoms with Crippen molar-refractivity contribution in [3.8, 4) is 11.1 Å². The molecule has 0 spiro atoms. The van der Waals surface area contributed by atoms with Crippen molar-refractivity contribution in [3.05, 3.63) is 65.6 Å². The second kappa shape index (κ2) is 7.92. The third kappa shape index (κ3) is 3.81. The number of nitrogens with zero attached hydrogens (tertiary/aromatic N) is 4. The van der Waals surface area contributed by atoms with E-state index in [2.05, 4.69) is 22.3 Å². The van der Waals surface area contributed by atoms with E-state index in [0.29, 0.717) is 6.42 Å². The van der Waals surface area contributed by atoms with Crippen molar-refractivity contribution in [1.29, 1.82) is 0 Å². The van der Waals surface area contributed by atoms with Crippen molar-refractivity contribution in [3.63, 3.8) is 0 Å². The van der Waals surface area contributed by atoms with Gasteiger partial charge in [-0.25, -0.2) is 0 Å². The highest BCUT2D eigenvalue weighted by atomic mass is 16.5. The maximum absolute atomic E-state index is 12.7. The Morgan fingerprint density at radius 1 is 1.25 bits per heavy atom. The number of carbonyl (C=O) groups is 1. The Bertz CT molecular complexity index is 931. The Balaban J connectivity index is 1.45. The molecule has 0 bridgehead atoms. The van der Waals surface area contributed by atoms with Crippen LogP contribution in [0.1, 0.15) is 41.5 Å². The lowest BCUT2D eigenvalue weighted by molar-refractivity contribution is -0.131. The van der Waals surface area contributed by atoms with Crippen LogP contribution in [0.15, 0.2) is 47.4 Å². The number of amides is 1. The number of likely N-dealkylation sites (tertiary alicyclic amines) is 1. The number of hydrogen-bond acceptors (Lipinski definition) is 5. The van der Waals surface area contributed by atoms with E-state index in [1.165, 1.54) is 0 Å². The molecule has 28 heavy (non-hydrogen) atoms. The van der Waals surface area contributed by atoms with Gasteiger partial charge >= 0.3 is 0 Å². The summed E-state index contributed by atoms with van der Waals surface area (Å²) >= 11 is 0. The summed E-state index contributed by atoms with van der Waals surface area (Å²) in [6.07, 6.45) is 7.82. The predicted octanol–water partition coefficient (Wildman–Crippen LogP) is 3.70. The summed E-state index contributed by atoms with van der Waals surface area (Å²) < 4.78 is 5.26. The lowest BCUT2D eigenvalue weighted by atomic mass is 9.93. The van der Waals surface area contributed by atoms with Gasteiger partial charge in [-0.3, -0.25) is 14.8 Å². The van der Waals surface area contributed by atoms with Gasteiger partial charge in [-0.1, -0.05) is 17.3 Å². The second-order valence-corrected chi connectivity index (χ2v) is 7.39. The van der Waals surface area contributed by atoms with Crippen molar-refractivity contribution in [1.82, 2.24) is 20.0 Å². The highest BCUT2D eigenvalue weighted by molar-refractivity contribution is 5.78. The highest BCUT2D eigenvalue weighted by Gasteiger charge is 2.25. The van der Waals surface area contributed by atoms with E-state index in [1.54, 1.807) is 12.4 Å². The smallest absolute Gasteiger partial charge is 0.227 e. The molecule has 3 aromatic heterocycles. The number of aryl methyl sites for hydroxylation is 2. The normalized spacial score (nSPS) is 16.9. The zero-order chi connectivity index (χ0) is 19.5. The van der Waals surface area contributed by atoms with Crippen molar-refractivity contribution >= 4 is 5.91 Å². The fourth-order valence-electron chi connectivity index (χ4n) is 3.92. The molecule has 0 unspecified atom stereocenters. The van der Waals surface area contributed by atoms with E-state index in [-0.39, 0.29) is 11.8 Å². The molecule has 6 nitrogen and oxygen atoms in total. The van der Waals surface area contributed by atoms with Gasteiger partial charge in [-0.05, 0) is 44.4 Å². The quantitative estimate of drug-likeness (QED) is 0.694. The van der Waals surface area contributed by atoms with Gasteiger partial charge in [0, 0.05) is 54.4 Å². The summed E-state index contributed by atoms with van der Waals surface area (Å²) in [6, 6.07) is 7.96. The molecule has 6 heteroatoms. The molecule has 144 valence electrons. The van der Waals surface area contributed by atoms with Crippen LogP contribution in [0.2, 0.25) is 0 Å². The van der Waals surface area contributed by atoms with E-state index in [0.717, 1.165) is 59.8 Å². The largest absolute Gasteiger partial charge is 0.361 e. The minimum Gasteiger partial charge on any atom is -0.361 e. The van der Waals surface area contributed by atoms with E-state index in [9.17, 15) is 4.79 Å². The molecular weight excluding hydrogens is 352 g/mol. The lowest BCUT2D eigenvalue weighted by Gasteiger charge is -2.32. The molecule has 1 atom stereocenters. The Hall–Kier alpha value is -3.02. The van der Waals surface area contributed by atoms with Crippen LogP contribution in [0.4, 0.5) is 0 Å². The van der Waals surface area contributed by atoms with Gasteiger partial charge < -0.3 is 9.42 Å². The Kier molecular flexibility index (Phi) is 5.19. The first-order chi connectivity index (χ1) is 13.6. The summed E-state index contributed by atoms with van der Waals surface area (Å²) in [5.41, 5.74) is 4.89. The number of piperidine rings is 1. The zero-order valence-corrected chi connectivity index (χ0v) is 16.3. The molecule has 0 saturated carbocycles. The van der Waals surface area contributed by atoms with Gasteiger partial charge in [0.25, 0.3) is 0 Å². The molecule has 0 aliphatic carbocycles. The fraction of sp³-hybridized carbons (Fsp3) is 0.364. The molecule has 1 fully saturated rings. The van der Waals surface area contributed by atoms with Crippen molar-refractivity contribution in [2.24, 2.45) is 0 Å². The minimum atomic E-state index is 0.157. The summed E-state index contributed by atoms with van der Waals surface area (Å²) in [6.45, 7) is 5.38. The number of carbonyl (C=O) groups excluding carboxylic acids is 1. The average Bonchev–Trinajstić information content (AvgIpc) is 3.07. The van der Waals surface area contributed by atoms with Crippen LogP contribution in [0.3, 0.4) is 0 Å². The summed E-state index contributed by atoms with van der Waals surface area (Å²) in [4.78, 5) is 23.4. The first-order valence-corrected chi connectivity index (χ1v) is 9.67. The van der Waals surface area contributed by atoms with Crippen LogP contribution < -0.4 is 0 Å². The first kappa shape index (κ1) is 18.3. The van der Waals surface area contributed by atoms with Crippen LogP contribution in [0, 0.1) is 13.8 Å². The average molecular weight is 376 g/mol. The molecule has 1 amide bonds. The maximum atomic E-state index is 12.7. The van der Waals surface area contributed by atoms with Crippen LogP contribution in [-0.4, -0.2) is 39.0 Å². The van der Waals surface area contributed by atoms with Gasteiger partial charge in [0.1, 0.15) is 5.76 Å². The van der Waals surface area contributed by atoms with Gasteiger partial charge in [-0.15, -0.1) is 0 Å². The molecule has 4 rings (SSSR count). The molecular formula is C22H24N4O2. The SMILES string of the molecule is Cc1noc(C)c1-c1ccc([C@@H]2CCCN(C(=O)Cc3cccnc3)C2)nc1. The van der Waals surface area contributed by atoms with E-state index >= 15 is 0 Å². The Morgan fingerprint density at radius 3 is 2.82 bits per heavy atom. The van der Waals surface area contributed by atoms with Gasteiger partial charge in [0.2, 0.25) is 5.91 Å². The molecule has 3 aromatic rings. The fourth-order valence-corrected chi connectivity index (χ4v) is 3.92. The maximum Gasteiger partial charge on any atom is 0.227 e. The van der Waals surface area contributed by atoms with E-state index in [4.69, 9.17) is 9.51 Å². The molecule has 0 N–H and O–H groups in total. The number of rotatable bonds is 4. The topological polar surface area (TPSA) is 72.1 Å². The first-order valence-electron chi connectivity index (χ1n) is 9.67. The molecule has 4 heterocycles. The third-order valence-corrected chi connectivity index (χ3v) is 5.38. The van der Waals surface area contributed by atoms with Crippen molar-refractivity contribution < 1.29 is 9.32 Å². The van der Waals surface area contributed by atoms with Crippen molar-refractivity contribution in [2.75, 3.05) is 13.1 Å². The monoisotopic (exact) mass is 376 g/mol. The third-order valence-electron chi connectivity index (χ3n) is 5.38. The summed E-state index contributed by atoms with van der Waals surface area (Å²) in [7, 11) is 0. The van der Waals surface area contributed by atoms with Crippen LogP contribution in [0.5, 0.6) is 0 Å². The van der Waals surface area contributed by atoms with Gasteiger partial charge in [0.05, 0.1) is 12.1 Å². The molecule has 1 aliphatic heterocycles.